The molecular weight excluding hydrogens is 436 g/mol. The van der Waals surface area contributed by atoms with Crippen LogP contribution in [0.25, 0.3) is 11.1 Å². The Labute approximate surface area is 197 Å². The first-order valence-electron chi connectivity index (χ1n) is 11.6. The number of carbonyl (C=O) groups excluding carboxylic acids is 2. The van der Waals surface area contributed by atoms with E-state index in [1.54, 1.807) is 4.90 Å². The standard InChI is InChI=1S/C26H28N2O6/c1-33-22(24(29)28-13-15-12-21(28)23(15)25(30)31)10-11-27-26(32)34-14-20-18-8-4-2-6-16(18)17-7-3-5-9-19(17)20/h2-9,15,20-23H,10-14H2,1H3,(H,27,32)(H,30,31). The summed E-state index contributed by atoms with van der Waals surface area (Å²) in [4.78, 5) is 38.2. The lowest BCUT2D eigenvalue weighted by Crippen LogP contribution is -2.48. The number of benzene rings is 2. The predicted octanol–water partition coefficient (Wildman–Crippen LogP) is 2.86. The summed E-state index contributed by atoms with van der Waals surface area (Å²) in [7, 11) is 1.45. The smallest absolute Gasteiger partial charge is 0.407 e. The Hall–Kier alpha value is -3.39. The molecule has 0 spiro atoms. The van der Waals surface area contributed by atoms with Crippen LogP contribution in [0.2, 0.25) is 0 Å². The molecule has 4 unspecified atom stereocenters. The monoisotopic (exact) mass is 464 g/mol. The van der Waals surface area contributed by atoms with E-state index in [0.29, 0.717) is 6.54 Å². The van der Waals surface area contributed by atoms with Gasteiger partial charge in [-0.05, 0) is 34.6 Å². The largest absolute Gasteiger partial charge is 0.481 e. The molecule has 2 bridgehead atoms. The maximum absolute atomic E-state index is 12.9. The number of carbonyl (C=O) groups is 3. The molecular formula is C26H28N2O6. The molecule has 2 amide bonds. The zero-order valence-corrected chi connectivity index (χ0v) is 19.0. The van der Waals surface area contributed by atoms with Crippen LogP contribution in [0.3, 0.4) is 0 Å². The molecule has 2 heterocycles. The fourth-order valence-corrected chi connectivity index (χ4v) is 5.72. The highest BCUT2D eigenvalue weighted by Crippen LogP contribution is 2.47. The highest BCUT2D eigenvalue weighted by molar-refractivity contribution is 5.84. The van der Waals surface area contributed by atoms with E-state index in [4.69, 9.17) is 9.47 Å². The number of hydrogen-bond acceptors (Lipinski definition) is 5. The Balaban J connectivity index is 1.12. The summed E-state index contributed by atoms with van der Waals surface area (Å²) >= 11 is 0. The predicted molar refractivity (Wildman–Crippen MR) is 123 cm³/mol. The number of carboxylic acid groups (broad SMARTS) is 1. The summed E-state index contributed by atoms with van der Waals surface area (Å²) in [6.07, 6.45) is -0.260. The van der Waals surface area contributed by atoms with Gasteiger partial charge in [-0.25, -0.2) is 4.79 Å². The lowest BCUT2D eigenvalue weighted by molar-refractivity contribution is -0.150. The topological polar surface area (TPSA) is 105 Å². The van der Waals surface area contributed by atoms with Crippen LogP contribution in [0.1, 0.15) is 29.9 Å². The Bertz CT molecular complexity index is 1070. The number of aliphatic carboxylic acids is 1. The zero-order chi connectivity index (χ0) is 23.8. The van der Waals surface area contributed by atoms with Gasteiger partial charge in [-0.1, -0.05) is 48.5 Å². The van der Waals surface area contributed by atoms with Crippen molar-refractivity contribution in [2.45, 2.75) is 30.9 Å². The van der Waals surface area contributed by atoms with E-state index in [-0.39, 0.29) is 43.4 Å². The van der Waals surface area contributed by atoms with Gasteiger partial charge in [0.1, 0.15) is 12.7 Å². The van der Waals surface area contributed by atoms with Crippen molar-refractivity contribution < 1.29 is 29.0 Å². The fourth-order valence-electron chi connectivity index (χ4n) is 5.72. The molecule has 8 nitrogen and oxygen atoms in total. The van der Waals surface area contributed by atoms with Crippen LogP contribution in [-0.4, -0.2) is 66.9 Å². The molecule has 8 heteroatoms. The van der Waals surface area contributed by atoms with Crippen LogP contribution < -0.4 is 5.32 Å². The normalized spacial score (nSPS) is 23.0. The molecule has 2 aliphatic carbocycles. The average molecular weight is 465 g/mol. The van der Waals surface area contributed by atoms with Gasteiger partial charge in [0.15, 0.2) is 0 Å². The van der Waals surface area contributed by atoms with Crippen molar-refractivity contribution in [2.24, 2.45) is 11.8 Å². The minimum atomic E-state index is -0.845. The van der Waals surface area contributed by atoms with Crippen LogP contribution in [0.15, 0.2) is 48.5 Å². The molecule has 178 valence electrons. The number of methoxy groups -OCH3 is 1. The second-order valence-corrected chi connectivity index (χ2v) is 9.18. The van der Waals surface area contributed by atoms with Gasteiger partial charge in [0, 0.05) is 38.6 Å². The van der Waals surface area contributed by atoms with E-state index >= 15 is 0 Å². The molecule has 1 saturated carbocycles. The second-order valence-electron chi connectivity index (χ2n) is 9.18. The molecule has 2 aromatic carbocycles. The maximum atomic E-state index is 12.9. The Morgan fingerprint density at radius 3 is 2.32 bits per heavy atom. The van der Waals surface area contributed by atoms with Crippen molar-refractivity contribution in [3.8, 4) is 11.1 Å². The van der Waals surface area contributed by atoms with Crippen molar-refractivity contribution in [1.29, 1.82) is 0 Å². The van der Waals surface area contributed by atoms with Crippen molar-refractivity contribution in [1.82, 2.24) is 10.2 Å². The van der Waals surface area contributed by atoms with Crippen LogP contribution in [0.5, 0.6) is 0 Å². The van der Waals surface area contributed by atoms with E-state index < -0.39 is 24.1 Å². The lowest BCUT2D eigenvalue weighted by Gasteiger charge is -2.34. The first-order chi connectivity index (χ1) is 16.5. The number of nitrogens with zero attached hydrogens (tertiary/aromatic N) is 1. The number of carboxylic acids is 1. The van der Waals surface area contributed by atoms with Gasteiger partial charge in [-0.3, -0.25) is 9.59 Å². The molecule has 4 atom stereocenters. The fraction of sp³-hybridized carbons (Fsp3) is 0.423. The molecule has 2 aliphatic heterocycles. The summed E-state index contributed by atoms with van der Waals surface area (Å²) in [5.41, 5.74) is 4.62. The molecule has 34 heavy (non-hydrogen) atoms. The number of nitrogens with one attached hydrogen (secondary N) is 1. The maximum Gasteiger partial charge on any atom is 0.407 e. The van der Waals surface area contributed by atoms with Crippen molar-refractivity contribution >= 4 is 18.0 Å². The van der Waals surface area contributed by atoms with Gasteiger partial charge < -0.3 is 24.8 Å². The number of alkyl carbamates (subject to hydrolysis) is 1. The Morgan fingerprint density at radius 2 is 1.74 bits per heavy atom. The number of hydrogen-bond donors (Lipinski definition) is 2. The third kappa shape index (κ3) is 3.81. The minimum Gasteiger partial charge on any atom is -0.481 e. The SMILES string of the molecule is COC(CCNC(=O)OCC1c2ccccc2-c2ccccc21)C(=O)N1CC2CC1C2C(=O)O. The number of fused-ring (bicyclic) bond motifs is 4. The molecule has 2 N–H and O–H groups in total. The Kier molecular flexibility index (Phi) is 6.00. The van der Waals surface area contributed by atoms with Gasteiger partial charge in [0.05, 0.1) is 5.92 Å². The summed E-state index contributed by atoms with van der Waals surface area (Å²) in [6, 6.07) is 16.0. The van der Waals surface area contributed by atoms with Crippen LogP contribution in [0.4, 0.5) is 4.79 Å². The first kappa shape index (κ1) is 22.4. The van der Waals surface area contributed by atoms with Crippen LogP contribution in [-0.2, 0) is 19.1 Å². The van der Waals surface area contributed by atoms with Crippen molar-refractivity contribution in [3.63, 3.8) is 0 Å². The van der Waals surface area contributed by atoms with Crippen LogP contribution in [0, 0.1) is 11.8 Å². The van der Waals surface area contributed by atoms with Gasteiger partial charge in [-0.2, -0.15) is 0 Å². The molecule has 4 aliphatic rings. The number of amides is 2. The average Bonchev–Trinajstić information content (AvgIpc) is 3.51. The van der Waals surface area contributed by atoms with Crippen LogP contribution >= 0.6 is 0 Å². The zero-order valence-electron chi connectivity index (χ0n) is 19.0. The summed E-state index contributed by atoms with van der Waals surface area (Å²) in [5.74, 6) is -1.52. The molecule has 3 fully saturated rings. The van der Waals surface area contributed by atoms with Gasteiger partial charge in [0.2, 0.25) is 0 Å². The molecule has 0 radical (unpaired) electrons. The molecule has 0 aromatic heterocycles. The molecule has 6 rings (SSSR count). The summed E-state index contributed by atoms with van der Waals surface area (Å²) in [5, 5.41) is 12.0. The van der Waals surface area contributed by atoms with E-state index in [2.05, 4.69) is 29.6 Å². The van der Waals surface area contributed by atoms with Crippen molar-refractivity contribution in [3.05, 3.63) is 59.7 Å². The van der Waals surface area contributed by atoms with Gasteiger partial charge in [0.25, 0.3) is 5.91 Å². The van der Waals surface area contributed by atoms with E-state index in [0.717, 1.165) is 17.5 Å². The third-order valence-electron chi connectivity index (χ3n) is 7.45. The Morgan fingerprint density at radius 1 is 1.09 bits per heavy atom. The quantitative estimate of drug-likeness (QED) is 0.623. The van der Waals surface area contributed by atoms with E-state index in [9.17, 15) is 19.5 Å². The highest BCUT2D eigenvalue weighted by Gasteiger charge is 2.57. The summed E-state index contributed by atoms with van der Waals surface area (Å²) < 4.78 is 10.9. The van der Waals surface area contributed by atoms with E-state index in [1.165, 1.54) is 18.2 Å². The van der Waals surface area contributed by atoms with E-state index in [1.807, 2.05) is 24.3 Å². The van der Waals surface area contributed by atoms with Gasteiger partial charge >= 0.3 is 12.1 Å². The minimum absolute atomic E-state index is 0.0183. The molecule has 2 saturated heterocycles. The van der Waals surface area contributed by atoms with Crippen molar-refractivity contribution in [2.75, 3.05) is 26.8 Å². The summed E-state index contributed by atoms with van der Waals surface area (Å²) in [6.45, 7) is 0.894. The van der Waals surface area contributed by atoms with Gasteiger partial charge in [-0.15, -0.1) is 0 Å². The second kappa shape index (κ2) is 9.10. The number of ether oxygens (including phenoxy) is 2. The molecule has 2 aromatic rings. The first-order valence-corrected chi connectivity index (χ1v) is 11.6. The third-order valence-corrected chi connectivity index (χ3v) is 7.45. The number of rotatable bonds is 8. The lowest BCUT2D eigenvalue weighted by atomic mass is 9.74. The highest BCUT2D eigenvalue weighted by atomic mass is 16.5.